The van der Waals surface area contributed by atoms with Crippen LogP contribution in [0.1, 0.15) is 30.7 Å². The number of anilines is 1. The zero-order valence-electron chi connectivity index (χ0n) is 11.6. The Labute approximate surface area is 119 Å². The van der Waals surface area contributed by atoms with Crippen molar-refractivity contribution in [3.63, 3.8) is 0 Å². The second-order valence-electron chi connectivity index (χ2n) is 3.96. The molecule has 1 aromatic rings. The van der Waals surface area contributed by atoms with Gasteiger partial charge in [-0.1, -0.05) is 19.9 Å². The molecule has 4 nitrogen and oxygen atoms in total. The van der Waals surface area contributed by atoms with Crippen molar-refractivity contribution in [3.05, 3.63) is 29.5 Å². The first-order valence-corrected chi connectivity index (χ1v) is 7.64. The molecule has 0 aliphatic rings. The molecular formula is C14H20N4S. The topological polar surface area (TPSA) is 61.6 Å². The van der Waals surface area contributed by atoms with Crippen LogP contribution in [0.2, 0.25) is 0 Å². The highest BCUT2D eigenvalue weighted by atomic mass is 32.2. The van der Waals surface area contributed by atoms with Gasteiger partial charge in [0.05, 0.1) is 5.69 Å². The highest BCUT2D eigenvalue weighted by Gasteiger charge is 2.13. The van der Waals surface area contributed by atoms with Gasteiger partial charge in [-0.2, -0.15) is 22.1 Å². The molecule has 0 bridgehead atoms. The molecule has 0 unspecified atom stereocenters. The molecule has 102 valence electrons. The van der Waals surface area contributed by atoms with E-state index in [-0.39, 0.29) is 0 Å². The molecule has 1 N–H and O–H groups in total. The molecule has 1 rings (SSSR count). The van der Waals surface area contributed by atoms with Gasteiger partial charge in [0.25, 0.3) is 0 Å². The number of aromatic nitrogens is 2. The first-order valence-electron chi connectivity index (χ1n) is 6.49. The van der Waals surface area contributed by atoms with Gasteiger partial charge in [-0.05, 0) is 18.4 Å². The van der Waals surface area contributed by atoms with Gasteiger partial charge in [-0.15, -0.1) is 11.7 Å². The smallest absolute Gasteiger partial charge is 0.166 e. The van der Waals surface area contributed by atoms with Gasteiger partial charge < -0.3 is 5.32 Å². The number of hydrogen-bond acceptors (Lipinski definition) is 5. The van der Waals surface area contributed by atoms with E-state index >= 15 is 0 Å². The fraction of sp³-hybridized carbons (Fsp3) is 0.500. The van der Waals surface area contributed by atoms with Gasteiger partial charge in [-0.3, -0.25) is 0 Å². The summed E-state index contributed by atoms with van der Waals surface area (Å²) in [7, 11) is 0. The quantitative estimate of drug-likeness (QED) is 0.584. The lowest BCUT2D eigenvalue weighted by Gasteiger charge is -2.11. The van der Waals surface area contributed by atoms with Crippen LogP contribution in [0.4, 0.5) is 5.82 Å². The van der Waals surface area contributed by atoms with E-state index in [9.17, 15) is 5.26 Å². The Kier molecular flexibility index (Phi) is 6.98. The maximum absolute atomic E-state index is 9.31. The molecule has 0 fully saturated rings. The third kappa shape index (κ3) is 4.25. The van der Waals surface area contributed by atoms with Crippen LogP contribution in [-0.4, -0.2) is 28.2 Å². The van der Waals surface area contributed by atoms with Gasteiger partial charge >= 0.3 is 0 Å². The first kappa shape index (κ1) is 15.5. The first-order chi connectivity index (χ1) is 9.28. The van der Waals surface area contributed by atoms with E-state index < -0.39 is 0 Å². The molecule has 1 aromatic heterocycles. The summed E-state index contributed by atoms with van der Waals surface area (Å²) in [5, 5.41) is 20.9. The zero-order valence-corrected chi connectivity index (χ0v) is 12.4. The largest absolute Gasteiger partial charge is 0.367 e. The van der Waals surface area contributed by atoms with Crippen molar-refractivity contribution < 1.29 is 0 Å². The molecule has 1 heterocycles. The van der Waals surface area contributed by atoms with Crippen LogP contribution in [0.25, 0.3) is 0 Å². The van der Waals surface area contributed by atoms with Crippen LogP contribution in [0.15, 0.2) is 12.7 Å². The van der Waals surface area contributed by atoms with Crippen LogP contribution >= 0.6 is 11.8 Å². The highest BCUT2D eigenvalue weighted by Crippen LogP contribution is 2.19. The Morgan fingerprint density at radius 2 is 2.16 bits per heavy atom. The third-order valence-electron chi connectivity index (χ3n) is 2.73. The molecule has 0 aromatic carbocycles. The van der Waals surface area contributed by atoms with Crippen molar-refractivity contribution in [2.75, 3.05) is 23.4 Å². The van der Waals surface area contributed by atoms with Crippen molar-refractivity contribution >= 4 is 17.6 Å². The van der Waals surface area contributed by atoms with Crippen molar-refractivity contribution in [3.8, 4) is 6.07 Å². The van der Waals surface area contributed by atoms with Gasteiger partial charge in [0.1, 0.15) is 11.6 Å². The minimum Gasteiger partial charge on any atom is -0.367 e. The van der Waals surface area contributed by atoms with Gasteiger partial charge in [0, 0.05) is 18.1 Å². The minimum absolute atomic E-state index is 0.607. The fourth-order valence-electron chi connectivity index (χ4n) is 1.83. The standard InChI is InChI=1S/C14H20N4S/c1-4-8-19-9-7-16-14-12(10-15)11(5-2)13(6-3)17-18-14/h4H,1,5-9H2,2-3H3,(H,16,18). The van der Waals surface area contributed by atoms with Crippen molar-refractivity contribution in [2.45, 2.75) is 26.7 Å². The lowest BCUT2D eigenvalue weighted by atomic mass is 10.0. The second kappa shape index (κ2) is 8.54. The lowest BCUT2D eigenvalue weighted by Crippen LogP contribution is -2.12. The molecule has 0 amide bonds. The van der Waals surface area contributed by atoms with E-state index in [1.54, 1.807) is 11.8 Å². The number of nitrogens with zero attached hydrogens (tertiary/aromatic N) is 3. The fourth-order valence-corrected chi connectivity index (χ4v) is 2.41. The van der Waals surface area contributed by atoms with Crippen LogP contribution in [0.5, 0.6) is 0 Å². The minimum atomic E-state index is 0.607. The predicted octanol–water partition coefficient (Wildman–Crippen LogP) is 2.80. The maximum Gasteiger partial charge on any atom is 0.166 e. The summed E-state index contributed by atoms with van der Waals surface area (Å²) in [6.07, 6.45) is 3.50. The summed E-state index contributed by atoms with van der Waals surface area (Å²) >= 11 is 1.79. The zero-order chi connectivity index (χ0) is 14.1. The summed E-state index contributed by atoms with van der Waals surface area (Å²) < 4.78 is 0. The van der Waals surface area contributed by atoms with Crippen molar-refractivity contribution in [2.24, 2.45) is 0 Å². The van der Waals surface area contributed by atoms with Crippen molar-refractivity contribution in [1.29, 1.82) is 5.26 Å². The molecule has 0 radical (unpaired) electrons. The Morgan fingerprint density at radius 3 is 2.74 bits per heavy atom. The molecule has 0 atom stereocenters. The van der Waals surface area contributed by atoms with Crippen LogP contribution < -0.4 is 5.32 Å². The Balaban J connectivity index is 2.78. The number of nitrogens with one attached hydrogen (secondary N) is 1. The third-order valence-corrected chi connectivity index (χ3v) is 3.70. The number of aryl methyl sites for hydroxylation is 1. The van der Waals surface area contributed by atoms with Crippen LogP contribution in [0, 0.1) is 11.3 Å². The van der Waals surface area contributed by atoms with E-state index in [1.807, 2.05) is 19.9 Å². The van der Waals surface area contributed by atoms with Crippen LogP contribution in [0.3, 0.4) is 0 Å². The number of thioether (sulfide) groups is 1. The monoisotopic (exact) mass is 276 g/mol. The molecule has 0 aliphatic heterocycles. The summed E-state index contributed by atoms with van der Waals surface area (Å²) in [5.41, 5.74) is 2.58. The van der Waals surface area contributed by atoms with E-state index in [4.69, 9.17) is 0 Å². The molecule has 0 saturated heterocycles. The molecular weight excluding hydrogens is 256 g/mol. The SMILES string of the molecule is C=CCSCCNc1nnc(CC)c(CC)c1C#N. The molecule has 0 saturated carbocycles. The van der Waals surface area contributed by atoms with Gasteiger partial charge in [-0.25, -0.2) is 0 Å². The Morgan fingerprint density at radius 1 is 1.37 bits per heavy atom. The lowest BCUT2D eigenvalue weighted by molar-refractivity contribution is 0.872. The average molecular weight is 276 g/mol. The predicted molar refractivity (Wildman–Crippen MR) is 81.5 cm³/mol. The van der Waals surface area contributed by atoms with Gasteiger partial charge in [0.15, 0.2) is 5.82 Å². The molecule has 0 aliphatic carbocycles. The average Bonchev–Trinajstić information content (AvgIpc) is 2.45. The van der Waals surface area contributed by atoms with Gasteiger partial charge in [0.2, 0.25) is 0 Å². The number of nitriles is 1. The number of rotatable bonds is 8. The Hall–Kier alpha value is -1.54. The summed E-state index contributed by atoms with van der Waals surface area (Å²) in [6.45, 7) is 8.53. The van der Waals surface area contributed by atoms with E-state index in [1.165, 1.54) is 0 Å². The summed E-state index contributed by atoms with van der Waals surface area (Å²) in [4.78, 5) is 0. The normalized spacial score (nSPS) is 9.95. The second-order valence-corrected chi connectivity index (χ2v) is 5.11. The molecule has 19 heavy (non-hydrogen) atoms. The molecule has 0 spiro atoms. The van der Waals surface area contributed by atoms with E-state index in [0.29, 0.717) is 11.4 Å². The number of hydrogen-bond donors (Lipinski definition) is 1. The summed E-state index contributed by atoms with van der Waals surface area (Å²) in [5.74, 6) is 2.50. The van der Waals surface area contributed by atoms with Crippen molar-refractivity contribution in [1.82, 2.24) is 10.2 Å². The highest BCUT2D eigenvalue weighted by molar-refractivity contribution is 7.99. The van der Waals surface area contributed by atoms with E-state index in [0.717, 1.165) is 42.1 Å². The Bertz CT molecular complexity index is 465. The maximum atomic E-state index is 9.31. The summed E-state index contributed by atoms with van der Waals surface area (Å²) in [6, 6.07) is 2.25. The molecule has 5 heteroatoms. The van der Waals surface area contributed by atoms with Crippen LogP contribution in [-0.2, 0) is 12.8 Å². The van der Waals surface area contributed by atoms with E-state index in [2.05, 4.69) is 28.2 Å².